The minimum Gasteiger partial charge on any atom is -0.333 e. The molecule has 176 valence electrons. The number of nitrogens with two attached hydrogens (primary N) is 1. The van der Waals surface area contributed by atoms with E-state index in [-0.39, 0.29) is 24.8 Å². The first-order chi connectivity index (χ1) is 12.8. The molecular weight excluding hydrogens is 411 g/mol. The van der Waals surface area contributed by atoms with Gasteiger partial charge < -0.3 is 10.6 Å². The second kappa shape index (κ2) is 35.2. The average Bonchev–Trinajstić information content (AvgIpc) is 2.67. The summed E-state index contributed by atoms with van der Waals surface area (Å²) in [6.45, 7) is 4.82. The number of hydrogen-bond donors (Lipinski definition) is 1. The molecular formula is C23H53Cl3N2. The second-order valence-electron chi connectivity index (χ2n) is 7.65. The van der Waals surface area contributed by atoms with Crippen LogP contribution in [0.2, 0.25) is 0 Å². The molecule has 0 aromatic heterocycles. The molecule has 0 saturated carbocycles. The number of halogens is 3. The molecule has 5 heteroatoms. The van der Waals surface area contributed by atoms with Crippen LogP contribution in [-0.4, -0.2) is 38.0 Å². The van der Waals surface area contributed by atoms with Crippen molar-refractivity contribution in [1.29, 1.82) is 0 Å². The van der Waals surface area contributed by atoms with Gasteiger partial charge in [0, 0.05) is 5.88 Å². The Hall–Kier alpha value is 0.790. The molecule has 0 aromatic rings. The fraction of sp³-hybridized carbons (Fsp3) is 1.00. The van der Waals surface area contributed by atoms with E-state index in [1.807, 2.05) is 0 Å². The summed E-state index contributed by atoms with van der Waals surface area (Å²) in [5, 5.41) is 0. The van der Waals surface area contributed by atoms with Crippen molar-refractivity contribution in [3.05, 3.63) is 0 Å². The van der Waals surface area contributed by atoms with E-state index >= 15 is 0 Å². The molecule has 0 bridgehead atoms. The quantitative estimate of drug-likeness (QED) is 0.145. The SMILES string of the molecule is CCCCCCCCCCCCCCCCN(C)CCCCCCl.CN.Cl.Cl. The van der Waals surface area contributed by atoms with Crippen LogP contribution in [0.1, 0.15) is 116 Å². The maximum Gasteiger partial charge on any atom is 0.0223 e. The van der Waals surface area contributed by atoms with Gasteiger partial charge in [-0.3, -0.25) is 0 Å². The largest absolute Gasteiger partial charge is 0.333 e. The number of nitrogens with zero attached hydrogens (tertiary/aromatic N) is 1. The smallest absolute Gasteiger partial charge is 0.0223 e. The lowest BCUT2D eigenvalue weighted by Crippen LogP contribution is -2.20. The molecule has 0 unspecified atom stereocenters. The molecule has 0 heterocycles. The van der Waals surface area contributed by atoms with E-state index in [1.54, 1.807) is 0 Å². The highest BCUT2D eigenvalue weighted by Gasteiger charge is 1.98. The molecule has 0 amide bonds. The van der Waals surface area contributed by atoms with Crippen LogP contribution in [0.15, 0.2) is 0 Å². The maximum atomic E-state index is 5.71. The van der Waals surface area contributed by atoms with Crippen molar-refractivity contribution >= 4 is 36.4 Å². The van der Waals surface area contributed by atoms with Crippen molar-refractivity contribution in [2.24, 2.45) is 5.73 Å². The summed E-state index contributed by atoms with van der Waals surface area (Å²) in [4.78, 5) is 2.49. The summed E-state index contributed by atoms with van der Waals surface area (Å²) in [7, 11) is 3.77. The third kappa shape index (κ3) is 34.3. The maximum absolute atomic E-state index is 5.71. The first-order valence-electron chi connectivity index (χ1n) is 11.6. The van der Waals surface area contributed by atoms with Crippen molar-refractivity contribution in [2.45, 2.75) is 116 Å². The zero-order valence-electron chi connectivity index (χ0n) is 19.4. The van der Waals surface area contributed by atoms with Gasteiger partial charge in [0.15, 0.2) is 0 Å². The summed E-state index contributed by atoms with van der Waals surface area (Å²) in [5.74, 6) is 0.822. The molecule has 0 aromatic carbocycles. The van der Waals surface area contributed by atoms with E-state index in [0.29, 0.717) is 0 Å². The van der Waals surface area contributed by atoms with Crippen LogP contribution in [0.3, 0.4) is 0 Å². The summed E-state index contributed by atoms with van der Waals surface area (Å²) < 4.78 is 0. The number of alkyl halides is 1. The predicted molar refractivity (Wildman–Crippen MR) is 137 cm³/mol. The van der Waals surface area contributed by atoms with Gasteiger partial charge in [-0.15, -0.1) is 36.4 Å². The number of rotatable bonds is 20. The van der Waals surface area contributed by atoms with Crippen LogP contribution in [0.5, 0.6) is 0 Å². The minimum absolute atomic E-state index is 0. The topological polar surface area (TPSA) is 29.3 Å². The van der Waals surface area contributed by atoms with E-state index in [1.165, 1.54) is 129 Å². The Morgan fingerprint density at radius 2 is 0.821 bits per heavy atom. The van der Waals surface area contributed by atoms with Gasteiger partial charge in [0.05, 0.1) is 0 Å². The molecule has 0 rings (SSSR count). The first kappa shape index (κ1) is 36.2. The van der Waals surface area contributed by atoms with Gasteiger partial charge >= 0.3 is 0 Å². The summed E-state index contributed by atoms with van der Waals surface area (Å²) >= 11 is 5.71. The van der Waals surface area contributed by atoms with Crippen molar-refractivity contribution in [3.63, 3.8) is 0 Å². The molecule has 0 saturated heterocycles. The second-order valence-corrected chi connectivity index (χ2v) is 8.03. The van der Waals surface area contributed by atoms with E-state index in [4.69, 9.17) is 11.6 Å². The lowest BCUT2D eigenvalue weighted by molar-refractivity contribution is 0.316. The molecule has 2 N–H and O–H groups in total. The molecule has 0 fully saturated rings. The highest BCUT2D eigenvalue weighted by atomic mass is 35.5. The van der Waals surface area contributed by atoms with E-state index in [0.717, 1.165) is 5.88 Å². The highest BCUT2D eigenvalue weighted by molar-refractivity contribution is 6.17. The third-order valence-electron chi connectivity index (χ3n) is 5.07. The van der Waals surface area contributed by atoms with Crippen molar-refractivity contribution < 1.29 is 0 Å². The third-order valence-corrected chi connectivity index (χ3v) is 5.33. The molecule has 2 nitrogen and oxygen atoms in total. The van der Waals surface area contributed by atoms with Crippen LogP contribution >= 0.6 is 36.4 Å². The van der Waals surface area contributed by atoms with E-state index in [9.17, 15) is 0 Å². The minimum atomic E-state index is 0. The van der Waals surface area contributed by atoms with E-state index in [2.05, 4.69) is 24.6 Å². The van der Waals surface area contributed by atoms with E-state index < -0.39 is 0 Å². The van der Waals surface area contributed by atoms with Gasteiger partial charge in [-0.2, -0.15) is 0 Å². The zero-order valence-corrected chi connectivity index (χ0v) is 21.8. The van der Waals surface area contributed by atoms with Crippen LogP contribution in [0.25, 0.3) is 0 Å². The zero-order chi connectivity index (χ0) is 19.7. The molecule has 0 aliphatic rings. The summed E-state index contributed by atoms with van der Waals surface area (Å²) in [6.07, 6.45) is 24.0. The Balaban J connectivity index is -0.000000695. The Bertz CT molecular complexity index is 232. The van der Waals surface area contributed by atoms with Crippen LogP contribution in [0, 0.1) is 0 Å². The van der Waals surface area contributed by atoms with Gasteiger partial charge in [-0.05, 0) is 46.4 Å². The number of hydrogen-bond acceptors (Lipinski definition) is 2. The van der Waals surface area contributed by atoms with Crippen LogP contribution in [-0.2, 0) is 0 Å². The van der Waals surface area contributed by atoms with Gasteiger partial charge in [0.25, 0.3) is 0 Å². The predicted octanol–water partition coefficient (Wildman–Crippen LogP) is 8.23. The fourth-order valence-corrected chi connectivity index (χ4v) is 3.53. The molecule has 0 aliphatic heterocycles. The molecule has 0 radical (unpaired) electrons. The Morgan fingerprint density at radius 3 is 1.14 bits per heavy atom. The highest BCUT2D eigenvalue weighted by Crippen LogP contribution is 2.13. The normalized spacial score (nSPS) is 10.1. The van der Waals surface area contributed by atoms with Gasteiger partial charge in [-0.1, -0.05) is 96.8 Å². The lowest BCUT2D eigenvalue weighted by Gasteiger charge is -2.16. The van der Waals surface area contributed by atoms with Crippen LogP contribution < -0.4 is 5.73 Å². The fourth-order valence-electron chi connectivity index (χ4n) is 3.34. The Labute approximate surface area is 195 Å². The summed E-state index contributed by atoms with van der Waals surface area (Å²) in [5.41, 5.74) is 4.50. The summed E-state index contributed by atoms with van der Waals surface area (Å²) in [6, 6.07) is 0. The van der Waals surface area contributed by atoms with Gasteiger partial charge in [0.2, 0.25) is 0 Å². The van der Waals surface area contributed by atoms with Crippen molar-refractivity contribution in [1.82, 2.24) is 4.90 Å². The lowest BCUT2D eigenvalue weighted by atomic mass is 10.0. The first-order valence-corrected chi connectivity index (χ1v) is 12.2. The molecule has 0 atom stereocenters. The molecule has 0 aliphatic carbocycles. The average molecular weight is 464 g/mol. The van der Waals surface area contributed by atoms with Crippen LogP contribution in [0.4, 0.5) is 0 Å². The Kier molecular flexibility index (Phi) is 45.5. The van der Waals surface area contributed by atoms with Crippen molar-refractivity contribution in [2.75, 3.05) is 33.1 Å². The number of unbranched alkanes of at least 4 members (excludes halogenated alkanes) is 15. The van der Waals surface area contributed by atoms with Crippen molar-refractivity contribution in [3.8, 4) is 0 Å². The molecule has 28 heavy (non-hydrogen) atoms. The molecule has 0 spiro atoms. The van der Waals surface area contributed by atoms with Gasteiger partial charge in [0.1, 0.15) is 0 Å². The standard InChI is InChI=1S/C22H46ClN.CH5N.2ClH/c1-3-4-5-6-7-8-9-10-11-12-13-14-15-18-21-24(2)22-19-16-17-20-23;1-2;;/h3-22H2,1-2H3;2H2,1H3;2*1H. The monoisotopic (exact) mass is 462 g/mol. The van der Waals surface area contributed by atoms with Gasteiger partial charge in [-0.25, -0.2) is 0 Å². The Morgan fingerprint density at radius 1 is 0.536 bits per heavy atom.